The Morgan fingerprint density at radius 1 is 1.26 bits per heavy atom. The minimum Gasteiger partial charge on any atom is -0.382 e. The molecular formula is C14H22N2O2S. The number of anilines is 1. The van der Waals surface area contributed by atoms with Gasteiger partial charge in [0.05, 0.1) is 4.90 Å². The lowest BCUT2D eigenvalue weighted by atomic mass is 10.1. The second-order valence-corrected chi connectivity index (χ2v) is 7.30. The fourth-order valence-corrected chi connectivity index (χ4v) is 3.66. The van der Waals surface area contributed by atoms with E-state index in [9.17, 15) is 8.42 Å². The van der Waals surface area contributed by atoms with E-state index in [4.69, 9.17) is 0 Å². The molecule has 0 aromatic heterocycles. The number of hydrogen-bond donors (Lipinski definition) is 2. The maximum atomic E-state index is 11.9. The molecule has 0 saturated heterocycles. The van der Waals surface area contributed by atoms with Crippen molar-refractivity contribution in [2.24, 2.45) is 5.92 Å². The molecule has 2 atom stereocenters. The first-order valence-electron chi connectivity index (χ1n) is 6.73. The van der Waals surface area contributed by atoms with Crippen molar-refractivity contribution in [2.45, 2.75) is 44.0 Å². The Hall–Kier alpha value is -1.07. The third-order valence-electron chi connectivity index (χ3n) is 3.81. The molecule has 1 aliphatic carbocycles. The number of nitrogens with one attached hydrogen (secondary N) is 2. The number of benzene rings is 1. The lowest BCUT2D eigenvalue weighted by Crippen LogP contribution is -2.20. The van der Waals surface area contributed by atoms with Gasteiger partial charge < -0.3 is 5.32 Å². The standard InChI is InChI=1S/C14H22N2O2S/c1-10-4-6-12(8-10)16-13-7-5-11(2)14(9-13)19(17,18)15-3/h5,7,9-10,12,15-16H,4,6,8H2,1-3H3. The van der Waals surface area contributed by atoms with Crippen LogP contribution in [0.4, 0.5) is 5.69 Å². The van der Waals surface area contributed by atoms with Crippen LogP contribution in [0, 0.1) is 12.8 Å². The van der Waals surface area contributed by atoms with Crippen LogP contribution in [-0.2, 0) is 10.0 Å². The van der Waals surface area contributed by atoms with Crippen LogP contribution in [0.15, 0.2) is 23.1 Å². The molecule has 0 bridgehead atoms. The summed E-state index contributed by atoms with van der Waals surface area (Å²) in [6, 6.07) is 5.99. The Balaban J connectivity index is 2.22. The molecule has 0 amide bonds. The van der Waals surface area contributed by atoms with Crippen molar-refractivity contribution < 1.29 is 8.42 Å². The molecular weight excluding hydrogens is 260 g/mol. The largest absolute Gasteiger partial charge is 0.382 e. The summed E-state index contributed by atoms with van der Waals surface area (Å²) in [4.78, 5) is 0.353. The molecule has 5 heteroatoms. The number of hydrogen-bond acceptors (Lipinski definition) is 3. The van der Waals surface area contributed by atoms with E-state index in [1.54, 1.807) is 6.07 Å². The van der Waals surface area contributed by atoms with Crippen LogP contribution in [-0.4, -0.2) is 21.5 Å². The average molecular weight is 282 g/mol. The molecule has 0 aliphatic heterocycles. The van der Waals surface area contributed by atoms with Crippen LogP contribution >= 0.6 is 0 Å². The Kier molecular flexibility index (Phi) is 4.16. The molecule has 4 nitrogen and oxygen atoms in total. The quantitative estimate of drug-likeness (QED) is 0.892. The highest BCUT2D eigenvalue weighted by molar-refractivity contribution is 7.89. The molecule has 1 aromatic rings. The third-order valence-corrected chi connectivity index (χ3v) is 5.37. The van der Waals surface area contributed by atoms with Crippen LogP contribution in [0.3, 0.4) is 0 Å². The predicted molar refractivity (Wildman–Crippen MR) is 77.9 cm³/mol. The van der Waals surface area contributed by atoms with Gasteiger partial charge in [0.25, 0.3) is 0 Å². The minimum atomic E-state index is -3.39. The molecule has 2 rings (SSSR count). The van der Waals surface area contributed by atoms with Gasteiger partial charge in [-0.25, -0.2) is 13.1 Å². The van der Waals surface area contributed by atoms with E-state index in [-0.39, 0.29) is 0 Å². The van der Waals surface area contributed by atoms with E-state index in [2.05, 4.69) is 17.0 Å². The van der Waals surface area contributed by atoms with E-state index < -0.39 is 10.0 Å². The Labute approximate surface area is 115 Å². The van der Waals surface area contributed by atoms with Gasteiger partial charge in [0.1, 0.15) is 0 Å². The van der Waals surface area contributed by atoms with Crippen molar-refractivity contribution in [3.05, 3.63) is 23.8 Å². The summed E-state index contributed by atoms with van der Waals surface area (Å²) in [7, 11) is -1.95. The van der Waals surface area contributed by atoms with E-state index >= 15 is 0 Å². The topological polar surface area (TPSA) is 58.2 Å². The normalized spacial score (nSPS) is 23.5. The monoisotopic (exact) mass is 282 g/mol. The van der Waals surface area contributed by atoms with Crippen LogP contribution in [0.2, 0.25) is 0 Å². The van der Waals surface area contributed by atoms with Crippen molar-refractivity contribution in [2.75, 3.05) is 12.4 Å². The summed E-state index contributed by atoms with van der Waals surface area (Å²) < 4.78 is 26.2. The summed E-state index contributed by atoms with van der Waals surface area (Å²) in [6.07, 6.45) is 3.55. The van der Waals surface area contributed by atoms with Crippen molar-refractivity contribution in [3.63, 3.8) is 0 Å². The molecule has 1 saturated carbocycles. The SMILES string of the molecule is CNS(=O)(=O)c1cc(NC2CCC(C)C2)ccc1C. The first-order chi connectivity index (χ1) is 8.92. The molecule has 1 fully saturated rings. The summed E-state index contributed by atoms with van der Waals surface area (Å²) in [5.41, 5.74) is 1.65. The lowest BCUT2D eigenvalue weighted by Gasteiger charge is -2.16. The van der Waals surface area contributed by atoms with E-state index in [1.165, 1.54) is 13.5 Å². The van der Waals surface area contributed by atoms with Crippen molar-refractivity contribution in [1.82, 2.24) is 4.72 Å². The summed E-state index contributed by atoms with van der Waals surface area (Å²) in [5, 5.41) is 3.44. The van der Waals surface area contributed by atoms with E-state index in [0.717, 1.165) is 30.0 Å². The molecule has 1 aromatic carbocycles. The van der Waals surface area contributed by atoms with Crippen LogP contribution in [0.25, 0.3) is 0 Å². The third kappa shape index (κ3) is 3.28. The first kappa shape index (κ1) is 14.3. The first-order valence-corrected chi connectivity index (χ1v) is 8.21. The average Bonchev–Trinajstić information content (AvgIpc) is 2.77. The second-order valence-electron chi connectivity index (χ2n) is 5.45. The van der Waals surface area contributed by atoms with Gasteiger partial charge in [-0.1, -0.05) is 13.0 Å². The predicted octanol–water partition coefficient (Wildman–Crippen LogP) is 2.50. The van der Waals surface area contributed by atoms with Crippen molar-refractivity contribution in [1.29, 1.82) is 0 Å². The van der Waals surface area contributed by atoms with Crippen molar-refractivity contribution >= 4 is 15.7 Å². The smallest absolute Gasteiger partial charge is 0.240 e. The van der Waals surface area contributed by atoms with Gasteiger partial charge in [-0.15, -0.1) is 0 Å². The fourth-order valence-electron chi connectivity index (χ4n) is 2.66. The van der Waals surface area contributed by atoms with Gasteiger partial charge in [0, 0.05) is 11.7 Å². The molecule has 106 valence electrons. The molecule has 1 aliphatic rings. The van der Waals surface area contributed by atoms with Crippen LogP contribution < -0.4 is 10.0 Å². The highest BCUT2D eigenvalue weighted by Crippen LogP contribution is 2.28. The van der Waals surface area contributed by atoms with Crippen LogP contribution in [0.1, 0.15) is 31.7 Å². The van der Waals surface area contributed by atoms with E-state index in [0.29, 0.717) is 10.9 Å². The zero-order chi connectivity index (χ0) is 14.0. The lowest BCUT2D eigenvalue weighted by molar-refractivity contribution is 0.587. The van der Waals surface area contributed by atoms with Gasteiger partial charge in [0.2, 0.25) is 10.0 Å². The number of sulfonamides is 1. The highest BCUT2D eigenvalue weighted by atomic mass is 32.2. The minimum absolute atomic E-state index is 0.353. The Morgan fingerprint density at radius 2 is 2.00 bits per heavy atom. The Morgan fingerprint density at radius 3 is 2.58 bits per heavy atom. The molecule has 0 spiro atoms. The zero-order valence-electron chi connectivity index (χ0n) is 11.7. The summed E-state index contributed by atoms with van der Waals surface area (Å²) in [6.45, 7) is 4.07. The summed E-state index contributed by atoms with van der Waals surface area (Å²) in [5.74, 6) is 0.753. The number of aryl methyl sites for hydroxylation is 1. The fraction of sp³-hybridized carbons (Fsp3) is 0.571. The van der Waals surface area contributed by atoms with Gasteiger partial charge >= 0.3 is 0 Å². The van der Waals surface area contributed by atoms with Crippen molar-refractivity contribution in [3.8, 4) is 0 Å². The van der Waals surface area contributed by atoms with Gasteiger partial charge in [-0.05, 0) is 56.8 Å². The highest BCUT2D eigenvalue weighted by Gasteiger charge is 2.22. The second kappa shape index (κ2) is 5.51. The molecule has 0 heterocycles. The number of rotatable bonds is 4. The molecule has 0 radical (unpaired) electrons. The van der Waals surface area contributed by atoms with Crippen LogP contribution in [0.5, 0.6) is 0 Å². The maximum Gasteiger partial charge on any atom is 0.240 e. The molecule has 2 unspecified atom stereocenters. The van der Waals surface area contributed by atoms with Gasteiger partial charge in [0.15, 0.2) is 0 Å². The molecule has 19 heavy (non-hydrogen) atoms. The molecule has 2 N–H and O–H groups in total. The zero-order valence-corrected chi connectivity index (χ0v) is 12.5. The van der Waals surface area contributed by atoms with Gasteiger partial charge in [-0.3, -0.25) is 0 Å². The van der Waals surface area contributed by atoms with E-state index in [1.807, 2.05) is 19.1 Å². The Bertz CT molecular complexity index is 555. The maximum absolute atomic E-state index is 11.9. The summed E-state index contributed by atoms with van der Waals surface area (Å²) >= 11 is 0. The van der Waals surface area contributed by atoms with Gasteiger partial charge in [-0.2, -0.15) is 0 Å².